The van der Waals surface area contributed by atoms with Crippen molar-refractivity contribution in [2.24, 2.45) is 5.41 Å². The number of hydrogen-bond donors (Lipinski definition) is 3. The van der Waals surface area contributed by atoms with Crippen LogP contribution in [0, 0.1) is 5.41 Å². The Morgan fingerprint density at radius 3 is 1.65 bits per heavy atom. The second-order valence-corrected chi connectivity index (χ2v) is 12.5. The van der Waals surface area contributed by atoms with Crippen molar-refractivity contribution in [3.05, 3.63) is 0 Å². The molecule has 0 bridgehead atoms. The average molecular weight is 466 g/mol. The van der Waals surface area contributed by atoms with E-state index in [2.05, 4.69) is 12.2 Å². The first-order valence-electron chi connectivity index (χ1n) is 11.8. The lowest BCUT2D eigenvalue weighted by Gasteiger charge is -2.49. The second kappa shape index (κ2) is 13.1. The van der Waals surface area contributed by atoms with Gasteiger partial charge >= 0.3 is 5.97 Å². The van der Waals surface area contributed by atoms with Crippen LogP contribution in [-0.4, -0.2) is 73.6 Å². The van der Waals surface area contributed by atoms with Gasteiger partial charge in [0, 0.05) is 6.54 Å². The number of carboxylic acid groups (broad SMARTS) is 1. The summed E-state index contributed by atoms with van der Waals surface area (Å²) < 4.78 is 33.6. The second-order valence-electron chi connectivity index (χ2n) is 10.8. The Morgan fingerprint density at radius 1 is 0.903 bits per heavy atom. The molecule has 0 saturated carbocycles. The fraction of sp³-hybridized carbons (Fsp3) is 0.957. The zero-order valence-corrected chi connectivity index (χ0v) is 21.9. The molecule has 3 N–H and O–H groups in total. The summed E-state index contributed by atoms with van der Waals surface area (Å²) in [7, 11) is 0.252. The monoisotopic (exact) mass is 465 g/mol. The molecule has 8 heteroatoms. The van der Waals surface area contributed by atoms with Gasteiger partial charge in [0.1, 0.15) is 0 Å². The number of carbonyl (C=O) groups is 1. The maximum absolute atomic E-state index is 12.7. The van der Waals surface area contributed by atoms with Crippen LogP contribution in [0.1, 0.15) is 91.9 Å². The van der Waals surface area contributed by atoms with E-state index in [0.717, 1.165) is 19.3 Å². The summed E-state index contributed by atoms with van der Waals surface area (Å²) >= 11 is 0. The van der Waals surface area contributed by atoms with Crippen LogP contribution in [0.4, 0.5) is 0 Å². The van der Waals surface area contributed by atoms with Crippen LogP contribution in [-0.2, 0) is 14.9 Å². The van der Waals surface area contributed by atoms with E-state index in [0.29, 0.717) is 6.54 Å². The van der Waals surface area contributed by atoms with Gasteiger partial charge in [0.2, 0.25) is 6.04 Å². The van der Waals surface area contributed by atoms with E-state index >= 15 is 0 Å². The molecule has 0 rings (SSSR count). The zero-order chi connectivity index (χ0) is 24.3. The third-order valence-corrected chi connectivity index (χ3v) is 8.18. The molecule has 0 aliphatic carbocycles. The number of likely N-dealkylation sites (N-methyl/N-ethyl adjacent to an activating group) is 1. The van der Waals surface area contributed by atoms with Crippen molar-refractivity contribution in [3.8, 4) is 0 Å². The van der Waals surface area contributed by atoms with Crippen LogP contribution in [0.2, 0.25) is 0 Å². The Kier molecular flexibility index (Phi) is 12.8. The summed E-state index contributed by atoms with van der Waals surface area (Å²) in [6.45, 7) is 7.73. The lowest BCUT2D eigenvalue weighted by atomic mass is 9.74. The number of aliphatic carboxylic acids is 1. The van der Waals surface area contributed by atoms with Crippen LogP contribution in [0.25, 0.3) is 0 Å². The third kappa shape index (κ3) is 9.36. The van der Waals surface area contributed by atoms with Gasteiger partial charge in [-0.15, -0.1) is 0 Å². The molecule has 0 amide bonds. The van der Waals surface area contributed by atoms with E-state index in [-0.39, 0.29) is 11.0 Å². The van der Waals surface area contributed by atoms with Gasteiger partial charge in [-0.25, -0.2) is 4.79 Å². The number of hydrogen-bond acceptors (Lipinski definition) is 4. The largest absolute Gasteiger partial charge is 0.477 e. The fourth-order valence-corrected chi connectivity index (χ4v) is 6.32. The maximum Gasteiger partial charge on any atom is 0.364 e. The van der Waals surface area contributed by atoms with Crippen LogP contribution in [0.5, 0.6) is 0 Å². The van der Waals surface area contributed by atoms with Gasteiger partial charge in [0.15, 0.2) is 4.75 Å². The number of nitrogens with zero attached hydrogens (tertiary/aromatic N) is 1. The summed E-state index contributed by atoms with van der Waals surface area (Å²) in [5, 5.41) is 13.1. The Morgan fingerprint density at radius 2 is 1.32 bits per heavy atom. The molecule has 0 heterocycles. The third-order valence-electron chi connectivity index (χ3n) is 6.27. The van der Waals surface area contributed by atoms with Crippen molar-refractivity contribution in [1.82, 2.24) is 5.32 Å². The molecular formula is C23H49N2O5S+. The summed E-state index contributed by atoms with van der Waals surface area (Å²) in [4.78, 5) is 12.2. The van der Waals surface area contributed by atoms with E-state index in [1.807, 2.05) is 0 Å². The molecule has 0 aromatic rings. The lowest BCUT2D eigenvalue weighted by Crippen LogP contribution is -2.73. The van der Waals surface area contributed by atoms with Gasteiger partial charge in [-0.2, -0.15) is 8.42 Å². The zero-order valence-electron chi connectivity index (χ0n) is 21.0. The summed E-state index contributed by atoms with van der Waals surface area (Å²) in [6, 6.07) is -1.33. The van der Waals surface area contributed by atoms with Gasteiger partial charge < -0.3 is 14.9 Å². The molecule has 0 aliphatic rings. The van der Waals surface area contributed by atoms with E-state index in [1.54, 1.807) is 41.9 Å². The molecule has 186 valence electrons. The Hall–Kier alpha value is -0.700. The van der Waals surface area contributed by atoms with Crippen molar-refractivity contribution in [2.45, 2.75) is 103 Å². The SMILES string of the molecule is CCCCCCCCCCCCNCC(C(C(=O)O)[N+](C)(C)C)(C(C)(C)C)S(=O)(=O)O. The quantitative estimate of drug-likeness (QED) is 0.168. The fourth-order valence-electron chi connectivity index (χ4n) is 4.56. The molecule has 2 unspecified atom stereocenters. The molecule has 0 fully saturated rings. The minimum Gasteiger partial charge on any atom is -0.477 e. The van der Waals surface area contributed by atoms with Crippen molar-refractivity contribution in [3.63, 3.8) is 0 Å². The molecule has 0 aromatic carbocycles. The molecule has 0 radical (unpaired) electrons. The number of nitrogens with one attached hydrogen (secondary N) is 1. The van der Waals surface area contributed by atoms with Gasteiger partial charge in [-0.05, 0) is 18.4 Å². The Labute approximate surface area is 191 Å². The van der Waals surface area contributed by atoms with E-state index in [4.69, 9.17) is 0 Å². The van der Waals surface area contributed by atoms with Gasteiger partial charge in [0.05, 0.1) is 21.1 Å². The van der Waals surface area contributed by atoms with E-state index < -0.39 is 32.3 Å². The van der Waals surface area contributed by atoms with Gasteiger partial charge in [-0.1, -0.05) is 85.5 Å². The standard InChI is InChI=1S/C23H48N2O5S/c1-8-9-10-11-12-13-14-15-16-17-18-24-19-23(22(2,3)4,31(28,29)30)20(21(26)27)25(5,6)7/h20,24H,8-19H2,1-7H3,(H-,26,27,28,29,30)/p+1. The Bertz CT molecular complexity index is 623. The number of rotatable bonds is 17. The first-order valence-corrected chi connectivity index (χ1v) is 13.3. The van der Waals surface area contributed by atoms with Crippen LogP contribution in [0.15, 0.2) is 0 Å². The molecule has 0 spiro atoms. The molecule has 0 aliphatic heterocycles. The van der Waals surface area contributed by atoms with Crippen LogP contribution in [0.3, 0.4) is 0 Å². The maximum atomic E-state index is 12.7. The van der Waals surface area contributed by atoms with Crippen LogP contribution >= 0.6 is 0 Å². The topological polar surface area (TPSA) is 104 Å². The molecule has 0 saturated heterocycles. The summed E-state index contributed by atoms with van der Waals surface area (Å²) in [6.07, 6.45) is 12.1. The highest BCUT2D eigenvalue weighted by Crippen LogP contribution is 2.42. The predicted molar refractivity (Wildman–Crippen MR) is 128 cm³/mol. The van der Waals surface area contributed by atoms with Crippen molar-refractivity contribution in [2.75, 3.05) is 34.2 Å². The molecule has 7 nitrogen and oxygen atoms in total. The molecule has 0 aromatic heterocycles. The van der Waals surface area contributed by atoms with Crippen LogP contribution < -0.4 is 5.32 Å². The van der Waals surface area contributed by atoms with Gasteiger partial charge in [0.25, 0.3) is 10.1 Å². The first-order chi connectivity index (χ1) is 14.1. The highest BCUT2D eigenvalue weighted by Gasteiger charge is 2.65. The lowest BCUT2D eigenvalue weighted by molar-refractivity contribution is -0.890. The molecule has 2 atom stereocenters. The van der Waals surface area contributed by atoms with Crippen molar-refractivity contribution < 1.29 is 27.4 Å². The summed E-state index contributed by atoms with van der Waals surface area (Å²) in [5.41, 5.74) is -1.00. The average Bonchev–Trinajstić information content (AvgIpc) is 2.57. The number of carboxylic acids is 1. The van der Waals surface area contributed by atoms with Gasteiger partial charge in [-0.3, -0.25) is 4.55 Å². The highest BCUT2D eigenvalue weighted by atomic mass is 32.2. The van der Waals surface area contributed by atoms with E-state index in [9.17, 15) is 22.9 Å². The minimum atomic E-state index is -4.69. The van der Waals surface area contributed by atoms with Crippen molar-refractivity contribution >= 4 is 16.1 Å². The highest BCUT2D eigenvalue weighted by molar-refractivity contribution is 7.87. The number of quaternary nitrogens is 1. The predicted octanol–water partition coefficient (Wildman–Crippen LogP) is 4.33. The van der Waals surface area contributed by atoms with Crippen molar-refractivity contribution in [1.29, 1.82) is 0 Å². The first kappa shape index (κ1) is 30.3. The molecular weight excluding hydrogens is 416 g/mol. The smallest absolute Gasteiger partial charge is 0.364 e. The minimum absolute atomic E-state index is 0.112. The number of unbranched alkanes of at least 4 members (excludes halogenated alkanes) is 9. The molecule has 31 heavy (non-hydrogen) atoms. The van der Waals surface area contributed by atoms with E-state index in [1.165, 1.54) is 44.9 Å². The normalized spacial score (nSPS) is 16.1. The Balaban J connectivity index is 4.93. The summed E-state index contributed by atoms with van der Waals surface area (Å²) in [5.74, 6) is -1.24.